The van der Waals surface area contributed by atoms with Crippen LogP contribution in [0.3, 0.4) is 0 Å². The Kier molecular flexibility index (Phi) is 6.59. The number of rotatable bonds is 6. The number of anilines is 2. The molecule has 0 aliphatic carbocycles. The van der Waals surface area contributed by atoms with E-state index in [0.717, 1.165) is 16.9 Å². The SMILES string of the molecule is O=C1c2oc3ccccc3c(=O)c2C2(C(=O)N(Cc3ccc(F)cc3)c3ccccc32)N1c1nnc(SCc2ccc(F)cc2)s1. The largest absolute Gasteiger partial charge is 0.450 e. The fraction of sp³-hybridized carbons (Fsp3) is 0.0882. The highest BCUT2D eigenvalue weighted by atomic mass is 32.2. The van der Waals surface area contributed by atoms with Crippen LogP contribution in [0.15, 0.2) is 111 Å². The van der Waals surface area contributed by atoms with Gasteiger partial charge in [-0.25, -0.2) is 8.78 Å². The lowest BCUT2D eigenvalue weighted by Gasteiger charge is -2.32. The number of amides is 2. The normalized spacial score (nSPS) is 16.9. The molecule has 0 N–H and O–H groups in total. The molecule has 46 heavy (non-hydrogen) atoms. The molecule has 0 bridgehead atoms. The maximum absolute atomic E-state index is 15.0. The lowest BCUT2D eigenvalue weighted by molar-refractivity contribution is -0.121. The van der Waals surface area contributed by atoms with Gasteiger partial charge in [-0.1, -0.05) is 77.7 Å². The number of benzene rings is 4. The zero-order valence-electron chi connectivity index (χ0n) is 23.6. The highest BCUT2D eigenvalue weighted by Gasteiger charge is 2.66. The number of halogens is 2. The van der Waals surface area contributed by atoms with Crippen molar-refractivity contribution in [2.75, 3.05) is 9.80 Å². The minimum Gasteiger partial charge on any atom is -0.450 e. The second-order valence-corrected chi connectivity index (χ2v) is 13.0. The molecule has 12 heteroatoms. The van der Waals surface area contributed by atoms with E-state index in [2.05, 4.69) is 10.2 Å². The minimum absolute atomic E-state index is 0.0586. The minimum atomic E-state index is -1.94. The van der Waals surface area contributed by atoms with Crippen LogP contribution in [0.1, 0.15) is 32.8 Å². The molecule has 0 fully saturated rings. The summed E-state index contributed by atoms with van der Waals surface area (Å²) in [6.45, 7) is 0.0586. The van der Waals surface area contributed by atoms with Gasteiger partial charge in [0.05, 0.1) is 23.2 Å². The van der Waals surface area contributed by atoms with Crippen molar-refractivity contribution in [1.82, 2.24) is 10.2 Å². The van der Waals surface area contributed by atoms with Crippen molar-refractivity contribution in [1.29, 1.82) is 0 Å². The van der Waals surface area contributed by atoms with Gasteiger partial charge in [-0.2, -0.15) is 0 Å². The monoisotopic (exact) mass is 650 g/mol. The Morgan fingerprint density at radius 1 is 0.804 bits per heavy atom. The van der Waals surface area contributed by atoms with Gasteiger partial charge in [-0.05, 0) is 53.6 Å². The fourth-order valence-corrected chi connectivity index (χ4v) is 7.96. The Hall–Kier alpha value is -5.20. The Labute approximate surface area is 267 Å². The predicted molar refractivity (Wildman–Crippen MR) is 170 cm³/mol. The van der Waals surface area contributed by atoms with Crippen LogP contribution in [0.2, 0.25) is 0 Å². The van der Waals surface area contributed by atoms with Gasteiger partial charge in [-0.3, -0.25) is 19.3 Å². The topological polar surface area (TPSA) is 96.6 Å². The van der Waals surface area contributed by atoms with Crippen molar-refractivity contribution in [3.8, 4) is 0 Å². The van der Waals surface area contributed by atoms with Crippen LogP contribution < -0.4 is 15.2 Å². The third kappa shape index (κ3) is 4.21. The molecule has 4 heterocycles. The molecular weight excluding hydrogens is 631 g/mol. The quantitative estimate of drug-likeness (QED) is 0.147. The summed E-state index contributed by atoms with van der Waals surface area (Å²) >= 11 is 2.44. The fourth-order valence-electron chi connectivity index (χ4n) is 6.12. The smallest absolute Gasteiger partial charge is 0.297 e. The van der Waals surface area contributed by atoms with Crippen molar-refractivity contribution in [3.05, 3.63) is 147 Å². The van der Waals surface area contributed by atoms with Gasteiger partial charge in [-0.15, -0.1) is 10.2 Å². The second-order valence-electron chi connectivity index (χ2n) is 10.8. The van der Waals surface area contributed by atoms with Crippen molar-refractivity contribution >= 4 is 56.7 Å². The Bertz CT molecular complexity index is 2260. The van der Waals surface area contributed by atoms with Gasteiger partial charge in [0.15, 0.2) is 15.3 Å². The first kappa shape index (κ1) is 28.3. The van der Waals surface area contributed by atoms with Crippen molar-refractivity contribution < 1.29 is 22.8 Å². The number of carbonyl (C=O) groups excluding carboxylic acids is 2. The number of thioether (sulfide) groups is 1. The number of para-hydroxylation sites is 2. The number of nitrogens with zero attached hydrogens (tertiary/aromatic N) is 4. The summed E-state index contributed by atoms with van der Waals surface area (Å²) in [5.41, 5.74) is 0.0948. The molecular formula is C34H20F2N4O4S2. The molecule has 2 aromatic heterocycles. The molecule has 1 atom stereocenters. The van der Waals surface area contributed by atoms with Gasteiger partial charge >= 0.3 is 0 Å². The van der Waals surface area contributed by atoms with Crippen molar-refractivity contribution in [2.24, 2.45) is 0 Å². The molecule has 8 rings (SSSR count). The Balaban J connectivity index is 1.30. The first-order valence-electron chi connectivity index (χ1n) is 14.1. The number of aromatic nitrogens is 2. The molecule has 6 aromatic rings. The maximum atomic E-state index is 15.0. The van der Waals surface area contributed by atoms with E-state index in [1.54, 1.807) is 72.8 Å². The molecule has 2 amide bonds. The second kappa shape index (κ2) is 10.7. The summed E-state index contributed by atoms with van der Waals surface area (Å²) < 4.78 is 33.8. The van der Waals surface area contributed by atoms with Crippen molar-refractivity contribution in [2.45, 2.75) is 22.2 Å². The van der Waals surface area contributed by atoms with E-state index < -0.39 is 28.6 Å². The van der Waals surface area contributed by atoms with Crippen LogP contribution >= 0.6 is 23.1 Å². The Morgan fingerprint density at radius 3 is 2.24 bits per heavy atom. The zero-order valence-corrected chi connectivity index (χ0v) is 25.3. The molecule has 2 aliphatic rings. The summed E-state index contributed by atoms with van der Waals surface area (Å²) in [4.78, 5) is 46.5. The summed E-state index contributed by atoms with van der Waals surface area (Å²) in [6.07, 6.45) is 0. The van der Waals surface area contributed by atoms with Crippen LogP contribution in [0.25, 0.3) is 11.0 Å². The summed E-state index contributed by atoms with van der Waals surface area (Å²) in [6, 6.07) is 25.4. The first-order chi connectivity index (χ1) is 22.4. The molecule has 226 valence electrons. The molecule has 0 saturated heterocycles. The number of hydrogen-bond acceptors (Lipinski definition) is 8. The van der Waals surface area contributed by atoms with Gasteiger partial charge < -0.3 is 9.32 Å². The third-order valence-electron chi connectivity index (χ3n) is 8.15. The molecule has 1 unspecified atom stereocenters. The van der Waals surface area contributed by atoms with Crippen LogP contribution in [0.5, 0.6) is 0 Å². The molecule has 8 nitrogen and oxygen atoms in total. The van der Waals surface area contributed by atoms with E-state index in [4.69, 9.17) is 4.42 Å². The van der Waals surface area contributed by atoms with Gasteiger partial charge in [0, 0.05) is 11.3 Å². The van der Waals surface area contributed by atoms with Crippen LogP contribution in [0, 0.1) is 11.6 Å². The molecule has 2 aliphatic heterocycles. The zero-order chi connectivity index (χ0) is 31.6. The predicted octanol–water partition coefficient (Wildman–Crippen LogP) is 6.67. The summed E-state index contributed by atoms with van der Waals surface area (Å²) in [5.74, 6) is -1.78. The van der Waals surface area contributed by atoms with E-state index >= 15 is 0 Å². The summed E-state index contributed by atoms with van der Waals surface area (Å²) in [7, 11) is 0. The van der Waals surface area contributed by atoms with Gasteiger partial charge in [0.25, 0.3) is 11.8 Å². The van der Waals surface area contributed by atoms with Crippen LogP contribution in [0.4, 0.5) is 19.6 Å². The standard InChI is InChI=1S/C34H20F2N4O4S2/c35-21-13-9-19(10-14-21)17-39-25-7-3-2-6-24(25)34(31(39)43)27-28(41)23-5-1-4-8-26(23)44-29(27)30(42)40(34)32-37-38-33(46-32)45-18-20-11-15-22(36)16-12-20/h1-16H,17-18H2. The van der Waals surface area contributed by atoms with E-state index in [1.807, 2.05) is 0 Å². The average Bonchev–Trinajstić information content (AvgIpc) is 3.71. The average molecular weight is 651 g/mol. The molecule has 1 spiro atoms. The third-order valence-corrected chi connectivity index (χ3v) is 10.3. The highest BCUT2D eigenvalue weighted by molar-refractivity contribution is 8.00. The van der Waals surface area contributed by atoms with Crippen LogP contribution in [-0.2, 0) is 22.6 Å². The van der Waals surface area contributed by atoms with Gasteiger partial charge in [0.2, 0.25) is 10.9 Å². The van der Waals surface area contributed by atoms with Gasteiger partial charge in [0.1, 0.15) is 17.2 Å². The van der Waals surface area contributed by atoms with Crippen LogP contribution in [-0.4, -0.2) is 22.0 Å². The number of hydrogen-bond donors (Lipinski definition) is 0. The number of fused-ring (bicyclic) bond motifs is 5. The van der Waals surface area contributed by atoms with E-state index in [0.29, 0.717) is 26.9 Å². The maximum Gasteiger partial charge on any atom is 0.297 e. The lowest BCUT2D eigenvalue weighted by Crippen LogP contribution is -2.53. The van der Waals surface area contributed by atoms with E-state index in [9.17, 15) is 23.2 Å². The van der Waals surface area contributed by atoms with E-state index in [1.165, 1.54) is 45.8 Å². The number of carbonyl (C=O) groups is 2. The van der Waals surface area contributed by atoms with Crippen molar-refractivity contribution in [3.63, 3.8) is 0 Å². The first-order valence-corrected chi connectivity index (χ1v) is 15.9. The molecule has 4 aromatic carbocycles. The summed E-state index contributed by atoms with van der Waals surface area (Å²) in [5, 5.41) is 8.96. The molecule has 0 saturated carbocycles. The Morgan fingerprint density at radius 2 is 1.48 bits per heavy atom. The lowest BCUT2D eigenvalue weighted by atomic mass is 9.84. The highest BCUT2D eigenvalue weighted by Crippen LogP contribution is 2.55. The van der Waals surface area contributed by atoms with E-state index in [-0.39, 0.29) is 39.8 Å². The molecule has 0 radical (unpaired) electrons.